The van der Waals surface area contributed by atoms with E-state index in [1.807, 2.05) is 0 Å². The third-order valence-electron chi connectivity index (χ3n) is 4.94. The zero-order valence-corrected chi connectivity index (χ0v) is 17.0. The molecule has 1 saturated heterocycles. The van der Waals surface area contributed by atoms with Gasteiger partial charge < -0.3 is 9.88 Å². The Kier molecular flexibility index (Phi) is 6.49. The largest absolute Gasteiger partial charge is 0.324 e. The number of aromatic nitrogens is 1. The fraction of sp³-hybridized carbons (Fsp3) is 0.400. The van der Waals surface area contributed by atoms with Crippen molar-refractivity contribution in [1.82, 2.24) is 8.87 Å². The lowest BCUT2D eigenvalue weighted by Gasteiger charge is -2.20. The van der Waals surface area contributed by atoms with E-state index in [1.54, 1.807) is 6.92 Å². The van der Waals surface area contributed by atoms with E-state index in [2.05, 4.69) is 5.32 Å². The van der Waals surface area contributed by atoms with Gasteiger partial charge in [0.25, 0.3) is 5.56 Å². The van der Waals surface area contributed by atoms with Crippen molar-refractivity contribution in [2.75, 3.05) is 18.4 Å². The number of halogens is 1. The number of benzene rings is 1. The standard InChI is InChI=1S/C20H24FN3O4S/c1-15-12-16(21)6-8-18(15)22-19(25)14-23-13-17(7-9-20(23)26)29(27,28)24-10-4-2-3-5-11-24/h6-9,12-13H,2-5,10-11,14H2,1H3,(H,22,25). The molecule has 3 rings (SSSR count). The third-order valence-corrected chi connectivity index (χ3v) is 6.82. The average molecular weight is 421 g/mol. The molecule has 2 aromatic rings. The van der Waals surface area contributed by atoms with Crippen molar-refractivity contribution in [2.45, 2.75) is 44.0 Å². The molecule has 1 amide bonds. The van der Waals surface area contributed by atoms with Gasteiger partial charge in [0.15, 0.2) is 0 Å². The Hall–Kier alpha value is -2.52. The first-order chi connectivity index (χ1) is 13.8. The summed E-state index contributed by atoms with van der Waals surface area (Å²) < 4.78 is 41.6. The molecule has 0 radical (unpaired) electrons. The Balaban J connectivity index is 1.79. The molecule has 1 aromatic carbocycles. The number of rotatable bonds is 5. The number of nitrogens with one attached hydrogen (secondary N) is 1. The Labute approximate surface area is 169 Å². The van der Waals surface area contributed by atoms with Gasteiger partial charge in [-0.15, -0.1) is 0 Å². The van der Waals surface area contributed by atoms with E-state index in [9.17, 15) is 22.4 Å². The molecule has 0 atom stereocenters. The van der Waals surface area contributed by atoms with Gasteiger partial charge in [-0.05, 0) is 49.6 Å². The summed E-state index contributed by atoms with van der Waals surface area (Å²) in [5.74, 6) is -0.922. The van der Waals surface area contributed by atoms with Crippen LogP contribution < -0.4 is 10.9 Å². The highest BCUT2D eigenvalue weighted by atomic mass is 32.2. The topological polar surface area (TPSA) is 88.5 Å². The Morgan fingerprint density at radius 2 is 1.79 bits per heavy atom. The van der Waals surface area contributed by atoms with E-state index in [-0.39, 0.29) is 11.4 Å². The Morgan fingerprint density at radius 3 is 2.45 bits per heavy atom. The molecule has 156 valence electrons. The van der Waals surface area contributed by atoms with E-state index in [4.69, 9.17) is 0 Å². The van der Waals surface area contributed by atoms with E-state index in [0.717, 1.165) is 36.3 Å². The van der Waals surface area contributed by atoms with Crippen LogP contribution in [-0.4, -0.2) is 36.3 Å². The van der Waals surface area contributed by atoms with Crippen LogP contribution in [0.1, 0.15) is 31.2 Å². The average Bonchev–Trinajstić information content (AvgIpc) is 2.96. The van der Waals surface area contributed by atoms with Crippen LogP contribution in [0.4, 0.5) is 10.1 Å². The lowest BCUT2D eigenvalue weighted by atomic mass is 10.2. The zero-order chi connectivity index (χ0) is 21.0. The molecule has 29 heavy (non-hydrogen) atoms. The molecule has 0 saturated carbocycles. The highest BCUT2D eigenvalue weighted by Crippen LogP contribution is 2.20. The summed E-state index contributed by atoms with van der Waals surface area (Å²) in [6.45, 7) is 2.20. The predicted molar refractivity (Wildman–Crippen MR) is 108 cm³/mol. The van der Waals surface area contributed by atoms with E-state index in [0.29, 0.717) is 24.3 Å². The minimum atomic E-state index is -3.73. The van der Waals surface area contributed by atoms with Gasteiger partial charge in [0.05, 0.1) is 4.90 Å². The first-order valence-electron chi connectivity index (χ1n) is 9.54. The summed E-state index contributed by atoms with van der Waals surface area (Å²) in [7, 11) is -3.73. The van der Waals surface area contributed by atoms with Gasteiger partial charge >= 0.3 is 0 Å². The number of carbonyl (C=O) groups is 1. The van der Waals surface area contributed by atoms with Crippen LogP contribution in [0.15, 0.2) is 46.2 Å². The molecule has 0 unspecified atom stereocenters. The minimum Gasteiger partial charge on any atom is -0.324 e. The van der Waals surface area contributed by atoms with Gasteiger partial charge in [-0.25, -0.2) is 12.8 Å². The van der Waals surface area contributed by atoms with Gasteiger partial charge in [0, 0.05) is 31.0 Å². The van der Waals surface area contributed by atoms with Gasteiger partial charge in [-0.2, -0.15) is 4.31 Å². The molecule has 1 N–H and O–H groups in total. The van der Waals surface area contributed by atoms with Gasteiger partial charge in [-0.1, -0.05) is 12.8 Å². The van der Waals surface area contributed by atoms with Crippen molar-refractivity contribution in [1.29, 1.82) is 0 Å². The van der Waals surface area contributed by atoms with E-state index in [1.165, 1.54) is 34.8 Å². The monoisotopic (exact) mass is 421 g/mol. The van der Waals surface area contributed by atoms with Crippen molar-refractivity contribution in [2.24, 2.45) is 0 Å². The predicted octanol–water partition coefficient (Wildman–Crippen LogP) is 2.50. The molecule has 1 fully saturated rings. The van der Waals surface area contributed by atoms with Crippen LogP contribution in [0.2, 0.25) is 0 Å². The Morgan fingerprint density at radius 1 is 1.10 bits per heavy atom. The number of amides is 1. The molecule has 7 nitrogen and oxygen atoms in total. The van der Waals surface area contributed by atoms with Crippen LogP contribution in [-0.2, 0) is 21.4 Å². The maximum atomic E-state index is 13.2. The quantitative estimate of drug-likeness (QED) is 0.803. The van der Waals surface area contributed by atoms with E-state index >= 15 is 0 Å². The molecule has 1 aliphatic heterocycles. The Bertz CT molecular complexity index is 1060. The summed E-state index contributed by atoms with van der Waals surface area (Å²) >= 11 is 0. The fourth-order valence-corrected chi connectivity index (χ4v) is 4.87. The summed E-state index contributed by atoms with van der Waals surface area (Å²) in [6, 6.07) is 6.38. The van der Waals surface area contributed by atoms with Crippen molar-refractivity contribution in [3.8, 4) is 0 Å². The summed E-state index contributed by atoms with van der Waals surface area (Å²) in [4.78, 5) is 24.5. The molecule has 1 aliphatic rings. The molecule has 0 bridgehead atoms. The smallest absolute Gasteiger partial charge is 0.251 e. The van der Waals surface area contributed by atoms with Crippen LogP contribution in [0, 0.1) is 12.7 Å². The molecule has 0 spiro atoms. The second-order valence-corrected chi connectivity index (χ2v) is 9.09. The molecule has 2 heterocycles. The molecule has 0 aliphatic carbocycles. The number of sulfonamides is 1. The highest BCUT2D eigenvalue weighted by molar-refractivity contribution is 7.89. The zero-order valence-electron chi connectivity index (χ0n) is 16.2. The molecular formula is C20H24FN3O4S. The summed E-state index contributed by atoms with van der Waals surface area (Å²) in [6.07, 6.45) is 4.80. The first-order valence-corrected chi connectivity index (χ1v) is 11.0. The van der Waals surface area contributed by atoms with Gasteiger partial charge in [0.1, 0.15) is 12.4 Å². The van der Waals surface area contributed by atoms with Gasteiger partial charge in [0.2, 0.25) is 15.9 Å². The first kappa shape index (κ1) is 21.2. The van der Waals surface area contributed by atoms with Crippen LogP contribution in [0.3, 0.4) is 0 Å². The number of pyridine rings is 1. The number of carbonyl (C=O) groups excluding carboxylic acids is 1. The number of hydrogen-bond donors (Lipinski definition) is 1. The third kappa shape index (κ3) is 5.10. The number of anilines is 1. The van der Waals surface area contributed by atoms with Crippen LogP contribution in [0.25, 0.3) is 0 Å². The maximum absolute atomic E-state index is 13.2. The fourth-order valence-electron chi connectivity index (χ4n) is 3.33. The lowest BCUT2D eigenvalue weighted by molar-refractivity contribution is -0.116. The van der Waals surface area contributed by atoms with Crippen molar-refractivity contribution in [3.63, 3.8) is 0 Å². The van der Waals surface area contributed by atoms with Crippen LogP contribution >= 0.6 is 0 Å². The number of hydrogen-bond acceptors (Lipinski definition) is 4. The second kappa shape index (κ2) is 8.87. The number of nitrogens with zero attached hydrogens (tertiary/aromatic N) is 2. The number of aryl methyl sites for hydroxylation is 1. The minimum absolute atomic E-state index is 0.00948. The van der Waals surface area contributed by atoms with Crippen LogP contribution in [0.5, 0.6) is 0 Å². The normalized spacial score (nSPS) is 15.7. The van der Waals surface area contributed by atoms with Gasteiger partial charge in [-0.3, -0.25) is 9.59 Å². The maximum Gasteiger partial charge on any atom is 0.251 e. The summed E-state index contributed by atoms with van der Waals surface area (Å²) in [5, 5.41) is 2.62. The molecule has 1 aromatic heterocycles. The molecular weight excluding hydrogens is 397 g/mol. The van der Waals surface area contributed by atoms with E-state index < -0.39 is 27.3 Å². The SMILES string of the molecule is Cc1cc(F)ccc1NC(=O)Cn1cc(S(=O)(=O)N2CCCCCC2)ccc1=O. The second-order valence-electron chi connectivity index (χ2n) is 7.16. The highest BCUT2D eigenvalue weighted by Gasteiger charge is 2.26. The van der Waals surface area contributed by atoms with Crippen molar-refractivity contribution in [3.05, 3.63) is 58.3 Å². The molecule has 9 heteroatoms. The van der Waals surface area contributed by atoms with Crippen molar-refractivity contribution < 1.29 is 17.6 Å². The summed E-state index contributed by atoms with van der Waals surface area (Å²) in [5.41, 5.74) is 0.492. The van der Waals surface area contributed by atoms with Crippen molar-refractivity contribution >= 4 is 21.6 Å². The lowest BCUT2D eigenvalue weighted by Crippen LogP contribution is -2.33.